The van der Waals surface area contributed by atoms with E-state index in [0.29, 0.717) is 12.5 Å². The van der Waals surface area contributed by atoms with Gasteiger partial charge in [0.15, 0.2) is 0 Å². The van der Waals surface area contributed by atoms with Crippen molar-refractivity contribution in [2.45, 2.75) is 95.2 Å². The van der Waals surface area contributed by atoms with Crippen molar-refractivity contribution in [3.8, 4) is 5.75 Å². The van der Waals surface area contributed by atoms with Crippen LogP contribution in [0.25, 0.3) is 0 Å². The normalized spacial score (nSPS) is 26.7. The molecule has 62 heavy (non-hydrogen) atoms. The second-order valence-electron chi connectivity index (χ2n) is 15.7. The van der Waals surface area contributed by atoms with Crippen LogP contribution >= 0.6 is 0 Å². The van der Waals surface area contributed by atoms with E-state index in [4.69, 9.17) is 9.47 Å². The molecule has 0 bridgehead atoms. The number of halogens is 5. The number of carbonyl (C=O) groups is 7. The summed E-state index contributed by atoms with van der Waals surface area (Å²) in [6, 6.07) is -2.77. The quantitative estimate of drug-likeness (QED) is 0.235. The van der Waals surface area contributed by atoms with Gasteiger partial charge in [0.1, 0.15) is 59.7 Å². The minimum absolute atomic E-state index is 0.0146. The SMILES string of the molecule is C[C@H]1C[C@H]2C(=O)O[C@@H](C)[C@H](NC(=O)[C@H](Cc3cc(F)cc(F)c3)NC(=O)Nc3ccc(OC(F)(F)F)cc3)C(=O)N3CCC[C@H]3C(=O)N3CCOC[C@H]3C(=O)N[C@@H](C)C(=O)N2C1. The Balaban J connectivity index is 1.32. The molecular weight excluding hydrogens is 833 g/mol. The van der Waals surface area contributed by atoms with Crippen molar-refractivity contribution in [1.82, 2.24) is 30.7 Å². The first kappa shape index (κ1) is 45.5. The molecule has 0 radical (unpaired) electrons. The van der Waals surface area contributed by atoms with E-state index in [2.05, 4.69) is 26.0 Å². The summed E-state index contributed by atoms with van der Waals surface area (Å²) < 4.78 is 81.9. The summed E-state index contributed by atoms with van der Waals surface area (Å²) >= 11 is 0. The first-order chi connectivity index (χ1) is 29.3. The number of hydrogen-bond donors (Lipinski definition) is 4. The van der Waals surface area contributed by atoms with Gasteiger partial charge in [-0.25, -0.2) is 18.4 Å². The predicted octanol–water partition coefficient (Wildman–Crippen LogP) is 1.99. The lowest BCUT2D eigenvalue weighted by Gasteiger charge is -2.39. The predicted molar refractivity (Wildman–Crippen MR) is 205 cm³/mol. The number of rotatable bonds is 7. The lowest BCUT2D eigenvalue weighted by Crippen LogP contribution is -2.64. The molecule has 0 spiro atoms. The Hall–Kier alpha value is -6.06. The molecule has 4 heterocycles. The van der Waals surface area contributed by atoms with Crippen LogP contribution in [0.15, 0.2) is 42.5 Å². The van der Waals surface area contributed by atoms with E-state index in [1.165, 1.54) is 28.5 Å². The van der Waals surface area contributed by atoms with Crippen LogP contribution in [0.3, 0.4) is 0 Å². The van der Waals surface area contributed by atoms with Gasteiger partial charge in [0.25, 0.3) is 0 Å². The molecular formula is C40H46F5N7O10. The second kappa shape index (κ2) is 18.9. The molecule has 0 unspecified atom stereocenters. The Bertz CT molecular complexity index is 2040. The number of hydrogen-bond acceptors (Lipinski definition) is 10. The van der Waals surface area contributed by atoms with Gasteiger partial charge in [-0.05, 0) is 81.0 Å². The maximum Gasteiger partial charge on any atom is 0.573 e. The Kier molecular flexibility index (Phi) is 13.9. The van der Waals surface area contributed by atoms with Crippen molar-refractivity contribution >= 4 is 47.2 Å². The van der Waals surface area contributed by atoms with E-state index in [9.17, 15) is 55.5 Å². The van der Waals surface area contributed by atoms with Gasteiger partial charge in [0.2, 0.25) is 29.5 Å². The van der Waals surface area contributed by atoms with Gasteiger partial charge >= 0.3 is 18.4 Å². The highest BCUT2D eigenvalue weighted by Gasteiger charge is 2.47. The first-order valence-corrected chi connectivity index (χ1v) is 20.0. The standard InChI is InChI=1S/C40H46F5N7O10/c1-20-13-30-38(58)61-22(3)32(37(57)50-10-4-5-29(50)36(56)51-11-12-60-19-31(51)34(54)46-21(2)35(55)52(30)18-20)49-33(53)28(16-23-14-24(41)17-25(42)15-23)48-39(59)47-26-6-8-27(9-7-26)62-40(43,44)45/h6-9,14-15,17,20-22,28-32H,4-5,10-13,16,18-19H2,1-3H3,(H,46,54)(H,49,53)(H2,47,48,59)/t20-,21-,22-,28-,29-,30-,31-,32-/m0/s1. The Morgan fingerprint density at radius 3 is 2.24 bits per heavy atom. The Morgan fingerprint density at radius 1 is 0.887 bits per heavy atom. The van der Waals surface area contributed by atoms with Crippen molar-refractivity contribution < 1.29 is 69.7 Å². The summed E-state index contributed by atoms with van der Waals surface area (Å²) in [5.74, 6) is -7.59. The molecule has 0 saturated carbocycles. The molecule has 2 aromatic rings. The maximum absolute atomic E-state index is 14.7. The Labute approximate surface area is 351 Å². The fraction of sp³-hybridized carbons (Fsp3) is 0.525. The summed E-state index contributed by atoms with van der Waals surface area (Å²) in [5, 5.41) is 9.86. The highest BCUT2D eigenvalue weighted by atomic mass is 19.4. The number of benzene rings is 2. The maximum atomic E-state index is 14.7. The lowest BCUT2D eigenvalue weighted by molar-refractivity contribution is -0.274. The Morgan fingerprint density at radius 2 is 1.56 bits per heavy atom. The number of nitrogens with one attached hydrogen (secondary N) is 4. The lowest BCUT2D eigenvalue weighted by atomic mass is 10.0. The van der Waals surface area contributed by atoms with Crippen LogP contribution in [0.5, 0.6) is 5.75 Å². The highest BCUT2D eigenvalue weighted by molar-refractivity contribution is 5.99. The van der Waals surface area contributed by atoms with Crippen molar-refractivity contribution in [2.24, 2.45) is 5.92 Å². The average molecular weight is 880 g/mol. The van der Waals surface area contributed by atoms with Gasteiger partial charge in [-0.15, -0.1) is 13.2 Å². The topological polar surface area (TPSA) is 205 Å². The summed E-state index contributed by atoms with van der Waals surface area (Å²) in [5.41, 5.74) is -0.154. The molecule has 6 rings (SSSR count). The van der Waals surface area contributed by atoms with Crippen LogP contribution in [0.4, 0.5) is 32.4 Å². The third-order valence-corrected chi connectivity index (χ3v) is 11.0. The zero-order valence-corrected chi connectivity index (χ0v) is 33.8. The summed E-state index contributed by atoms with van der Waals surface area (Å²) in [4.78, 5) is 101. The summed E-state index contributed by atoms with van der Waals surface area (Å²) in [6.45, 7) is 4.57. The van der Waals surface area contributed by atoms with Crippen molar-refractivity contribution in [2.75, 3.05) is 38.2 Å². The number of urea groups is 1. The van der Waals surface area contributed by atoms with E-state index >= 15 is 0 Å². The number of amides is 7. The monoisotopic (exact) mass is 879 g/mol. The van der Waals surface area contributed by atoms with E-state index in [0.717, 1.165) is 36.4 Å². The highest BCUT2D eigenvalue weighted by Crippen LogP contribution is 2.28. The molecule has 4 aliphatic heterocycles. The molecule has 2 aromatic carbocycles. The van der Waals surface area contributed by atoms with E-state index in [1.54, 1.807) is 6.92 Å². The minimum atomic E-state index is -4.98. The van der Waals surface area contributed by atoms with Crippen LogP contribution in [0.1, 0.15) is 45.6 Å². The van der Waals surface area contributed by atoms with Crippen molar-refractivity contribution in [3.05, 3.63) is 59.7 Å². The number of anilines is 1. The van der Waals surface area contributed by atoms with Gasteiger partial charge in [-0.2, -0.15) is 0 Å². The molecule has 336 valence electrons. The van der Waals surface area contributed by atoms with Gasteiger partial charge in [-0.1, -0.05) is 6.92 Å². The van der Waals surface area contributed by atoms with Gasteiger partial charge in [0.05, 0.1) is 13.2 Å². The van der Waals surface area contributed by atoms with Crippen LogP contribution in [0, 0.1) is 17.6 Å². The molecule has 22 heteroatoms. The molecule has 4 saturated heterocycles. The zero-order valence-electron chi connectivity index (χ0n) is 33.8. The molecule has 7 amide bonds. The number of nitrogens with zero attached hydrogens (tertiary/aromatic N) is 3. The van der Waals surface area contributed by atoms with Crippen LogP contribution in [-0.4, -0.2) is 138 Å². The van der Waals surface area contributed by atoms with Gasteiger partial charge in [-0.3, -0.25) is 24.0 Å². The fourth-order valence-electron chi connectivity index (χ4n) is 8.08. The molecule has 4 aliphatic rings. The minimum Gasteiger partial charge on any atom is -0.458 e. The van der Waals surface area contributed by atoms with E-state index in [-0.39, 0.29) is 62.9 Å². The largest absolute Gasteiger partial charge is 0.573 e. The number of fused-ring (bicyclic) bond motifs is 3. The number of esters is 1. The number of cyclic esters (lactones) is 1. The van der Waals surface area contributed by atoms with E-state index < -0.39 is 114 Å². The van der Waals surface area contributed by atoms with Crippen LogP contribution in [-0.2, 0) is 44.7 Å². The number of ether oxygens (including phenoxy) is 3. The van der Waals surface area contributed by atoms with Crippen molar-refractivity contribution in [3.63, 3.8) is 0 Å². The van der Waals surface area contributed by atoms with Gasteiger partial charge in [0, 0.05) is 37.8 Å². The van der Waals surface area contributed by atoms with Crippen LogP contribution in [0.2, 0.25) is 0 Å². The molecule has 8 atom stereocenters. The number of carbonyl (C=O) groups excluding carboxylic acids is 7. The van der Waals surface area contributed by atoms with Crippen LogP contribution < -0.4 is 26.0 Å². The number of alkyl halides is 3. The molecule has 17 nitrogen and oxygen atoms in total. The van der Waals surface area contributed by atoms with Crippen molar-refractivity contribution in [1.29, 1.82) is 0 Å². The molecule has 0 aromatic heterocycles. The summed E-state index contributed by atoms with van der Waals surface area (Å²) in [6.07, 6.45) is -6.37. The third kappa shape index (κ3) is 10.9. The molecule has 4 N–H and O–H groups in total. The smallest absolute Gasteiger partial charge is 0.458 e. The summed E-state index contributed by atoms with van der Waals surface area (Å²) in [7, 11) is 0. The molecule has 4 fully saturated rings. The first-order valence-electron chi connectivity index (χ1n) is 20.0. The molecule has 0 aliphatic carbocycles. The van der Waals surface area contributed by atoms with E-state index in [1.807, 2.05) is 0 Å². The fourth-order valence-corrected chi connectivity index (χ4v) is 8.08. The third-order valence-electron chi connectivity index (χ3n) is 11.0. The van der Waals surface area contributed by atoms with Gasteiger partial charge < -0.3 is 50.2 Å². The zero-order chi connectivity index (χ0) is 45.0. The number of morpholine rings is 1. The average Bonchev–Trinajstić information content (AvgIpc) is 3.85. The second-order valence-corrected chi connectivity index (χ2v) is 15.7.